The number of benzene rings is 2. The van der Waals surface area contributed by atoms with Crippen molar-refractivity contribution in [1.29, 1.82) is 0 Å². The molecule has 2 unspecified atom stereocenters. The maximum atomic E-state index is 11.2. The van der Waals surface area contributed by atoms with E-state index in [0.717, 1.165) is 11.1 Å². The zero-order chi connectivity index (χ0) is 16.9. The Morgan fingerprint density at radius 3 is 2.67 bits per heavy atom. The van der Waals surface area contributed by atoms with E-state index in [1.165, 1.54) is 0 Å². The summed E-state index contributed by atoms with van der Waals surface area (Å²) in [6.07, 6.45) is 0.549. The molecule has 1 fully saturated rings. The fraction of sp³-hybridized carbons (Fsp3) is 0.316. The highest BCUT2D eigenvalue weighted by molar-refractivity contribution is 5.71. The maximum Gasteiger partial charge on any atom is 0.307 e. The molecule has 0 saturated carbocycles. The molecule has 3 rings (SSSR count). The van der Waals surface area contributed by atoms with E-state index < -0.39 is 5.97 Å². The third kappa shape index (κ3) is 3.51. The lowest BCUT2D eigenvalue weighted by molar-refractivity contribution is -0.141. The molecule has 1 aliphatic heterocycles. The van der Waals surface area contributed by atoms with Crippen LogP contribution in [0.15, 0.2) is 48.5 Å². The monoisotopic (exact) mass is 327 g/mol. The number of ether oxygens (including phenoxy) is 2. The molecule has 0 radical (unpaired) electrons. The predicted molar refractivity (Wildman–Crippen MR) is 90.3 cm³/mol. The van der Waals surface area contributed by atoms with Gasteiger partial charge in [0.05, 0.1) is 13.0 Å². The molecule has 0 aromatic heterocycles. The van der Waals surface area contributed by atoms with E-state index in [0.29, 0.717) is 31.1 Å². The summed E-state index contributed by atoms with van der Waals surface area (Å²) < 4.78 is 11.5. The Labute approximate surface area is 141 Å². The first-order chi connectivity index (χ1) is 11.7. The van der Waals surface area contributed by atoms with E-state index in [-0.39, 0.29) is 12.0 Å². The SMILES string of the molecule is COc1c(OCc2ccccc2)cccc1C1CC(C(=O)O)CN1. The van der Waals surface area contributed by atoms with Crippen LogP contribution in [-0.2, 0) is 11.4 Å². The van der Waals surface area contributed by atoms with E-state index in [2.05, 4.69) is 5.32 Å². The lowest BCUT2D eigenvalue weighted by Gasteiger charge is -2.18. The quantitative estimate of drug-likeness (QED) is 0.854. The molecule has 1 saturated heterocycles. The van der Waals surface area contributed by atoms with Crippen molar-refractivity contribution in [3.8, 4) is 11.5 Å². The van der Waals surface area contributed by atoms with Gasteiger partial charge in [-0.15, -0.1) is 0 Å². The fourth-order valence-corrected chi connectivity index (χ4v) is 3.04. The molecule has 2 aromatic carbocycles. The van der Waals surface area contributed by atoms with Crippen LogP contribution in [0.2, 0.25) is 0 Å². The number of carboxylic acids is 1. The lowest BCUT2D eigenvalue weighted by Crippen LogP contribution is -2.17. The lowest BCUT2D eigenvalue weighted by atomic mass is 9.99. The first-order valence-corrected chi connectivity index (χ1v) is 7.99. The predicted octanol–water partition coefficient (Wildman–Crippen LogP) is 3.01. The van der Waals surface area contributed by atoms with Crippen LogP contribution in [0.3, 0.4) is 0 Å². The van der Waals surface area contributed by atoms with Crippen LogP contribution in [-0.4, -0.2) is 24.7 Å². The van der Waals surface area contributed by atoms with E-state index in [4.69, 9.17) is 9.47 Å². The van der Waals surface area contributed by atoms with E-state index in [1.807, 2.05) is 48.5 Å². The van der Waals surface area contributed by atoms with Crippen molar-refractivity contribution in [2.75, 3.05) is 13.7 Å². The van der Waals surface area contributed by atoms with Crippen molar-refractivity contribution in [3.63, 3.8) is 0 Å². The molecular weight excluding hydrogens is 306 g/mol. The molecule has 5 nitrogen and oxygen atoms in total. The van der Waals surface area contributed by atoms with Crippen LogP contribution in [0.4, 0.5) is 0 Å². The zero-order valence-corrected chi connectivity index (χ0v) is 13.6. The molecule has 0 spiro atoms. The van der Waals surface area contributed by atoms with Gasteiger partial charge < -0.3 is 19.9 Å². The van der Waals surface area contributed by atoms with Crippen molar-refractivity contribution >= 4 is 5.97 Å². The van der Waals surface area contributed by atoms with Gasteiger partial charge in [0.2, 0.25) is 0 Å². The van der Waals surface area contributed by atoms with Crippen LogP contribution < -0.4 is 14.8 Å². The van der Waals surface area contributed by atoms with Gasteiger partial charge in [0.15, 0.2) is 11.5 Å². The Hall–Kier alpha value is -2.53. The van der Waals surface area contributed by atoms with Crippen LogP contribution in [0.1, 0.15) is 23.6 Å². The third-order valence-electron chi connectivity index (χ3n) is 4.31. The molecule has 2 atom stereocenters. The minimum Gasteiger partial charge on any atom is -0.493 e. The standard InChI is InChI=1S/C19H21NO4/c1-23-18-15(16-10-14(11-20-16)19(21)22)8-5-9-17(18)24-12-13-6-3-2-4-7-13/h2-9,14,16,20H,10-12H2,1H3,(H,21,22). The number of aliphatic carboxylic acids is 1. The first kappa shape index (κ1) is 16.3. The molecule has 0 bridgehead atoms. The van der Waals surface area contributed by atoms with Gasteiger partial charge in [-0.3, -0.25) is 4.79 Å². The van der Waals surface area contributed by atoms with Crippen molar-refractivity contribution in [1.82, 2.24) is 5.32 Å². The summed E-state index contributed by atoms with van der Waals surface area (Å²) in [6.45, 7) is 0.925. The van der Waals surface area contributed by atoms with E-state index in [1.54, 1.807) is 7.11 Å². The maximum absolute atomic E-state index is 11.2. The molecule has 126 valence electrons. The van der Waals surface area contributed by atoms with Gasteiger partial charge in [-0.05, 0) is 18.1 Å². The summed E-state index contributed by atoms with van der Waals surface area (Å²) in [6, 6.07) is 15.6. The van der Waals surface area contributed by atoms with E-state index >= 15 is 0 Å². The number of carbonyl (C=O) groups is 1. The number of hydrogen-bond donors (Lipinski definition) is 2. The van der Waals surface area contributed by atoms with Crippen LogP contribution in [0.5, 0.6) is 11.5 Å². The topological polar surface area (TPSA) is 67.8 Å². The Bertz CT molecular complexity index is 702. The van der Waals surface area contributed by atoms with Crippen LogP contribution >= 0.6 is 0 Å². The highest BCUT2D eigenvalue weighted by Crippen LogP contribution is 2.39. The molecule has 5 heteroatoms. The van der Waals surface area contributed by atoms with Gasteiger partial charge in [0.25, 0.3) is 0 Å². The molecule has 1 heterocycles. The molecule has 0 aliphatic carbocycles. The number of carboxylic acid groups (broad SMARTS) is 1. The normalized spacial score (nSPS) is 19.9. The summed E-state index contributed by atoms with van der Waals surface area (Å²) >= 11 is 0. The van der Waals surface area contributed by atoms with E-state index in [9.17, 15) is 9.90 Å². The van der Waals surface area contributed by atoms with Gasteiger partial charge in [0, 0.05) is 18.2 Å². The van der Waals surface area contributed by atoms with Crippen molar-refractivity contribution < 1.29 is 19.4 Å². The Morgan fingerprint density at radius 1 is 1.21 bits per heavy atom. The van der Waals surface area contributed by atoms with Gasteiger partial charge in [-0.1, -0.05) is 42.5 Å². The zero-order valence-electron chi connectivity index (χ0n) is 13.6. The second-order valence-electron chi connectivity index (χ2n) is 5.88. The number of methoxy groups -OCH3 is 1. The number of hydrogen-bond acceptors (Lipinski definition) is 4. The minimum atomic E-state index is -0.763. The van der Waals surface area contributed by atoms with Crippen LogP contribution in [0.25, 0.3) is 0 Å². The van der Waals surface area contributed by atoms with Crippen molar-refractivity contribution in [3.05, 3.63) is 59.7 Å². The summed E-state index contributed by atoms with van der Waals surface area (Å²) in [5.41, 5.74) is 2.02. The molecular formula is C19H21NO4. The summed E-state index contributed by atoms with van der Waals surface area (Å²) in [5.74, 6) is 0.199. The van der Waals surface area contributed by atoms with Gasteiger partial charge in [-0.2, -0.15) is 0 Å². The molecule has 2 aromatic rings. The first-order valence-electron chi connectivity index (χ1n) is 7.99. The largest absolute Gasteiger partial charge is 0.493 e. The van der Waals surface area contributed by atoms with Crippen molar-refractivity contribution in [2.45, 2.75) is 19.1 Å². The summed E-state index contributed by atoms with van der Waals surface area (Å²) in [4.78, 5) is 11.2. The average Bonchev–Trinajstić information content (AvgIpc) is 3.10. The Morgan fingerprint density at radius 2 is 2.00 bits per heavy atom. The molecule has 0 amide bonds. The minimum absolute atomic E-state index is 0.0404. The number of rotatable bonds is 6. The Kier molecular flexibility index (Phi) is 5.01. The van der Waals surface area contributed by atoms with Crippen LogP contribution in [0, 0.1) is 5.92 Å². The number of nitrogens with one attached hydrogen (secondary N) is 1. The summed E-state index contributed by atoms with van der Waals surface area (Å²) in [5, 5.41) is 12.4. The highest BCUT2D eigenvalue weighted by atomic mass is 16.5. The molecule has 1 aliphatic rings. The van der Waals surface area contributed by atoms with Gasteiger partial charge in [-0.25, -0.2) is 0 Å². The second kappa shape index (κ2) is 7.36. The van der Waals surface area contributed by atoms with Crippen molar-refractivity contribution in [2.24, 2.45) is 5.92 Å². The second-order valence-corrected chi connectivity index (χ2v) is 5.88. The fourth-order valence-electron chi connectivity index (χ4n) is 3.04. The Balaban J connectivity index is 1.78. The molecule has 2 N–H and O–H groups in total. The highest BCUT2D eigenvalue weighted by Gasteiger charge is 2.32. The smallest absolute Gasteiger partial charge is 0.307 e. The third-order valence-corrected chi connectivity index (χ3v) is 4.31. The average molecular weight is 327 g/mol. The molecule has 24 heavy (non-hydrogen) atoms. The number of para-hydroxylation sites is 1. The van der Waals surface area contributed by atoms with Gasteiger partial charge in [0.1, 0.15) is 6.61 Å². The van der Waals surface area contributed by atoms with Gasteiger partial charge >= 0.3 is 5.97 Å². The summed E-state index contributed by atoms with van der Waals surface area (Å²) in [7, 11) is 1.61.